The second-order valence-electron chi connectivity index (χ2n) is 7.71. The summed E-state index contributed by atoms with van der Waals surface area (Å²) in [4.78, 5) is 20.9. The van der Waals surface area contributed by atoms with E-state index in [-0.39, 0.29) is 18.0 Å². The molecule has 5 nitrogen and oxygen atoms in total. The third-order valence-corrected chi connectivity index (χ3v) is 4.94. The number of carbonyl (C=O) groups is 1. The Kier molecular flexibility index (Phi) is 7.29. The Labute approximate surface area is 183 Å². The molecule has 3 rings (SSSR count). The minimum absolute atomic E-state index is 0.177. The van der Waals surface area contributed by atoms with E-state index in [0.717, 1.165) is 12.1 Å². The van der Waals surface area contributed by atoms with Gasteiger partial charge in [-0.3, -0.25) is 4.79 Å². The molecule has 0 fully saturated rings. The van der Waals surface area contributed by atoms with Crippen molar-refractivity contribution in [2.45, 2.75) is 19.3 Å². The molecule has 0 spiro atoms. The molecule has 0 N–H and O–H groups in total. The van der Waals surface area contributed by atoms with Crippen LogP contribution in [0, 0.1) is 5.82 Å². The molecule has 1 aromatic heterocycles. The van der Waals surface area contributed by atoms with Gasteiger partial charge in [0.05, 0.1) is 12.1 Å². The van der Waals surface area contributed by atoms with Gasteiger partial charge in [0.1, 0.15) is 11.6 Å². The molecule has 170 valence electrons. The molecule has 2 aromatic carbocycles. The summed E-state index contributed by atoms with van der Waals surface area (Å²) in [6.45, 7) is 1.48. The topological polar surface area (TPSA) is 41.4 Å². The van der Waals surface area contributed by atoms with E-state index in [1.165, 1.54) is 30.3 Å². The molecule has 0 unspecified atom stereocenters. The van der Waals surface area contributed by atoms with Crippen LogP contribution >= 0.6 is 0 Å². The maximum Gasteiger partial charge on any atom is 0.416 e. The van der Waals surface area contributed by atoms with Gasteiger partial charge in [-0.05, 0) is 50.0 Å². The van der Waals surface area contributed by atoms with Crippen molar-refractivity contribution in [3.8, 4) is 0 Å². The van der Waals surface area contributed by atoms with Crippen molar-refractivity contribution in [3.05, 3.63) is 89.3 Å². The number of nitrogens with zero attached hydrogens (tertiary/aromatic N) is 4. The molecule has 0 aliphatic carbocycles. The SMILES string of the molecule is CN(C)CCN(Cc1nccn1Cc1ccc(C(F)(F)F)cc1)C(=O)c1cccc(F)c1. The lowest BCUT2D eigenvalue weighted by Crippen LogP contribution is -2.37. The van der Waals surface area contributed by atoms with Gasteiger partial charge in [0.25, 0.3) is 5.91 Å². The van der Waals surface area contributed by atoms with Crippen LogP contribution < -0.4 is 0 Å². The van der Waals surface area contributed by atoms with Crippen molar-refractivity contribution in [2.24, 2.45) is 0 Å². The Bertz CT molecular complexity index is 1040. The first-order valence-corrected chi connectivity index (χ1v) is 9.99. The number of alkyl halides is 3. The zero-order valence-electron chi connectivity index (χ0n) is 17.8. The summed E-state index contributed by atoms with van der Waals surface area (Å²) in [6, 6.07) is 10.5. The minimum Gasteiger partial charge on any atom is -0.330 e. The summed E-state index contributed by atoms with van der Waals surface area (Å²) in [5.74, 6) is -0.240. The molecule has 0 bridgehead atoms. The van der Waals surface area contributed by atoms with Crippen LogP contribution in [0.25, 0.3) is 0 Å². The van der Waals surface area contributed by atoms with Crippen LogP contribution in [0.3, 0.4) is 0 Å². The molecule has 32 heavy (non-hydrogen) atoms. The summed E-state index contributed by atoms with van der Waals surface area (Å²) in [5.41, 5.74) is 0.209. The normalized spacial score (nSPS) is 11.7. The van der Waals surface area contributed by atoms with Gasteiger partial charge in [0.15, 0.2) is 0 Å². The van der Waals surface area contributed by atoms with E-state index in [4.69, 9.17) is 0 Å². The number of imidazole rings is 1. The third kappa shape index (κ3) is 6.16. The van der Waals surface area contributed by atoms with Crippen LogP contribution in [-0.2, 0) is 19.3 Å². The lowest BCUT2D eigenvalue weighted by Gasteiger charge is -2.25. The van der Waals surface area contributed by atoms with Crippen LogP contribution in [0.1, 0.15) is 27.3 Å². The lowest BCUT2D eigenvalue weighted by atomic mass is 10.1. The Morgan fingerprint density at radius 3 is 2.41 bits per heavy atom. The van der Waals surface area contributed by atoms with Gasteiger partial charge in [0, 0.05) is 37.6 Å². The van der Waals surface area contributed by atoms with Gasteiger partial charge in [-0.15, -0.1) is 0 Å². The molecule has 3 aromatic rings. The van der Waals surface area contributed by atoms with E-state index in [2.05, 4.69) is 4.98 Å². The Morgan fingerprint density at radius 1 is 1.06 bits per heavy atom. The van der Waals surface area contributed by atoms with E-state index in [0.29, 0.717) is 31.0 Å². The number of halogens is 4. The minimum atomic E-state index is -4.39. The summed E-state index contributed by atoms with van der Waals surface area (Å²) in [7, 11) is 3.77. The molecule has 9 heteroatoms. The van der Waals surface area contributed by atoms with Crippen molar-refractivity contribution in [1.29, 1.82) is 0 Å². The smallest absolute Gasteiger partial charge is 0.330 e. The molecule has 0 radical (unpaired) electrons. The maximum absolute atomic E-state index is 13.6. The number of amides is 1. The monoisotopic (exact) mass is 448 g/mol. The van der Waals surface area contributed by atoms with Crippen molar-refractivity contribution in [3.63, 3.8) is 0 Å². The highest BCUT2D eigenvalue weighted by Gasteiger charge is 2.30. The number of carbonyl (C=O) groups excluding carboxylic acids is 1. The molecule has 0 aliphatic rings. The average Bonchev–Trinajstić information content (AvgIpc) is 3.16. The predicted molar refractivity (Wildman–Crippen MR) is 112 cm³/mol. The first-order valence-electron chi connectivity index (χ1n) is 9.99. The summed E-state index contributed by atoms with van der Waals surface area (Å²) in [6.07, 6.45) is -1.09. The van der Waals surface area contributed by atoms with Crippen molar-refractivity contribution in [1.82, 2.24) is 19.4 Å². The summed E-state index contributed by atoms with van der Waals surface area (Å²) in [5, 5.41) is 0. The summed E-state index contributed by atoms with van der Waals surface area (Å²) < 4.78 is 53.8. The van der Waals surface area contributed by atoms with Gasteiger partial charge in [0.2, 0.25) is 0 Å². The summed E-state index contributed by atoms with van der Waals surface area (Å²) >= 11 is 0. The molecule has 1 amide bonds. The number of rotatable bonds is 8. The fraction of sp³-hybridized carbons (Fsp3) is 0.304. The van der Waals surface area contributed by atoms with Crippen LogP contribution in [0.5, 0.6) is 0 Å². The second-order valence-corrected chi connectivity index (χ2v) is 7.71. The number of hydrogen-bond acceptors (Lipinski definition) is 3. The van der Waals surface area contributed by atoms with Crippen molar-refractivity contribution < 1.29 is 22.4 Å². The highest BCUT2D eigenvalue weighted by molar-refractivity contribution is 5.94. The van der Waals surface area contributed by atoms with Crippen molar-refractivity contribution in [2.75, 3.05) is 27.2 Å². The average molecular weight is 448 g/mol. The van der Waals surface area contributed by atoms with Gasteiger partial charge in [-0.2, -0.15) is 13.2 Å². The van der Waals surface area contributed by atoms with Gasteiger partial charge in [-0.1, -0.05) is 18.2 Å². The molecule has 0 saturated carbocycles. The molecule has 0 atom stereocenters. The number of hydrogen-bond donors (Lipinski definition) is 0. The quantitative estimate of drug-likeness (QED) is 0.483. The van der Waals surface area contributed by atoms with Gasteiger partial charge in [-0.25, -0.2) is 9.37 Å². The van der Waals surface area contributed by atoms with Gasteiger partial charge >= 0.3 is 6.18 Å². The zero-order valence-corrected chi connectivity index (χ0v) is 17.8. The number of aromatic nitrogens is 2. The predicted octanol–water partition coefficient (Wildman–Crippen LogP) is 4.29. The zero-order chi connectivity index (χ0) is 23.3. The standard InChI is InChI=1S/C23H24F4N4O/c1-29(2)12-13-31(22(32)18-4-3-5-20(24)14-18)16-21-28-10-11-30(21)15-17-6-8-19(9-7-17)23(25,26)27/h3-11,14H,12-13,15-16H2,1-2H3. The molecular formula is C23H24F4N4O. The van der Waals surface area contributed by atoms with E-state index in [1.54, 1.807) is 27.9 Å². The van der Waals surface area contributed by atoms with Crippen LogP contribution in [-0.4, -0.2) is 52.4 Å². The van der Waals surface area contributed by atoms with E-state index in [9.17, 15) is 22.4 Å². The van der Waals surface area contributed by atoms with E-state index >= 15 is 0 Å². The number of likely N-dealkylation sites (N-methyl/N-ethyl adjacent to an activating group) is 1. The van der Waals surface area contributed by atoms with Crippen molar-refractivity contribution >= 4 is 5.91 Å². The van der Waals surface area contributed by atoms with Crippen LogP contribution in [0.2, 0.25) is 0 Å². The Morgan fingerprint density at radius 2 is 1.78 bits per heavy atom. The molecule has 0 aliphatic heterocycles. The Hall–Kier alpha value is -3.20. The number of benzene rings is 2. The molecule has 0 saturated heterocycles. The van der Waals surface area contributed by atoms with Gasteiger partial charge < -0.3 is 14.4 Å². The largest absolute Gasteiger partial charge is 0.416 e. The molecular weight excluding hydrogens is 424 g/mol. The first-order chi connectivity index (χ1) is 15.1. The fourth-order valence-electron chi connectivity index (χ4n) is 3.18. The highest BCUT2D eigenvalue weighted by atomic mass is 19.4. The Balaban J connectivity index is 1.78. The fourth-order valence-corrected chi connectivity index (χ4v) is 3.18. The highest BCUT2D eigenvalue weighted by Crippen LogP contribution is 2.29. The molecule has 1 heterocycles. The maximum atomic E-state index is 13.6. The second kappa shape index (κ2) is 9.95. The lowest BCUT2D eigenvalue weighted by molar-refractivity contribution is -0.137. The van der Waals surface area contributed by atoms with Crippen LogP contribution in [0.15, 0.2) is 60.9 Å². The first kappa shape index (κ1) is 23.5. The third-order valence-electron chi connectivity index (χ3n) is 4.94. The van der Waals surface area contributed by atoms with E-state index in [1.807, 2.05) is 19.0 Å². The van der Waals surface area contributed by atoms with Crippen LogP contribution in [0.4, 0.5) is 17.6 Å². The van der Waals surface area contributed by atoms with E-state index < -0.39 is 17.6 Å².